The molecule has 2 fully saturated rings. The van der Waals surface area contributed by atoms with Crippen LogP contribution in [-0.2, 0) is 19.1 Å². The number of amides is 2. The first kappa shape index (κ1) is 21.7. The highest BCUT2D eigenvalue weighted by Gasteiger charge is 2.66. The monoisotopic (exact) mass is 462 g/mol. The van der Waals surface area contributed by atoms with Crippen molar-refractivity contribution >= 4 is 35.4 Å². The van der Waals surface area contributed by atoms with Crippen LogP contribution in [0.5, 0.6) is 0 Å². The predicted molar refractivity (Wildman–Crippen MR) is 121 cm³/mol. The number of hydrazone groups is 1. The van der Waals surface area contributed by atoms with Crippen molar-refractivity contribution in [2.45, 2.75) is 38.5 Å². The van der Waals surface area contributed by atoms with Gasteiger partial charge in [0.15, 0.2) is 6.04 Å². The molecular formula is C24H22N4O6. The van der Waals surface area contributed by atoms with Crippen molar-refractivity contribution in [2.75, 3.05) is 4.90 Å². The summed E-state index contributed by atoms with van der Waals surface area (Å²) in [6, 6.07) is 10.9. The smallest absolute Gasteiger partial charge is 0.331 e. The van der Waals surface area contributed by atoms with Crippen molar-refractivity contribution in [3.05, 3.63) is 69.8 Å². The van der Waals surface area contributed by atoms with Gasteiger partial charge in [-0.3, -0.25) is 24.7 Å². The molecule has 4 atom stereocenters. The number of esters is 1. The Morgan fingerprint density at radius 3 is 2.32 bits per heavy atom. The van der Waals surface area contributed by atoms with Crippen molar-refractivity contribution in [2.24, 2.45) is 16.9 Å². The molecule has 10 heteroatoms. The van der Waals surface area contributed by atoms with E-state index >= 15 is 0 Å². The molecule has 0 radical (unpaired) electrons. The summed E-state index contributed by atoms with van der Waals surface area (Å²) in [5.74, 6) is -3.53. The van der Waals surface area contributed by atoms with Crippen LogP contribution in [0, 0.1) is 22.0 Å². The van der Waals surface area contributed by atoms with Gasteiger partial charge >= 0.3 is 5.97 Å². The molecule has 0 unspecified atom stereocenters. The lowest BCUT2D eigenvalue weighted by Crippen LogP contribution is -2.46. The minimum atomic E-state index is -1.08. The van der Waals surface area contributed by atoms with Crippen LogP contribution in [0.1, 0.15) is 37.9 Å². The molecule has 0 N–H and O–H groups in total. The second-order valence-electron chi connectivity index (χ2n) is 9.51. The molecule has 2 saturated heterocycles. The number of ether oxygens (including phenoxy) is 1. The van der Waals surface area contributed by atoms with Gasteiger partial charge < -0.3 is 4.74 Å². The Kier molecular flexibility index (Phi) is 4.78. The summed E-state index contributed by atoms with van der Waals surface area (Å²) < 4.78 is 5.62. The highest BCUT2D eigenvalue weighted by molar-refractivity contribution is 6.24. The van der Waals surface area contributed by atoms with E-state index in [4.69, 9.17) is 4.74 Å². The number of benzene rings is 2. The standard InChI is InChI=1S/C24H22N4O6/c1-24(2,3)34-23(31)20-18-17(19-16-7-5-4-6-13(16)12-25-27(19)20)21(29)26(22(18)30)14-8-10-15(11-9-14)28(32)33/h4-12,17-20H,1-3H3/t17-,18+,19+,20-/m1/s1. The summed E-state index contributed by atoms with van der Waals surface area (Å²) >= 11 is 0. The third kappa shape index (κ3) is 3.25. The van der Waals surface area contributed by atoms with E-state index in [1.165, 1.54) is 29.3 Å². The number of non-ortho nitro benzene ring substituents is 1. The molecule has 10 nitrogen and oxygen atoms in total. The maximum absolute atomic E-state index is 13.7. The van der Waals surface area contributed by atoms with Crippen molar-refractivity contribution < 1.29 is 24.0 Å². The lowest BCUT2D eigenvalue weighted by molar-refractivity contribution is -0.384. The van der Waals surface area contributed by atoms with Crippen molar-refractivity contribution in [3.8, 4) is 0 Å². The molecule has 0 saturated carbocycles. The average Bonchev–Trinajstić information content (AvgIpc) is 3.25. The lowest BCUT2D eigenvalue weighted by Gasteiger charge is -2.34. The molecule has 3 aliphatic heterocycles. The Hall–Kier alpha value is -4.08. The maximum atomic E-state index is 13.7. The van der Waals surface area contributed by atoms with E-state index in [1.807, 2.05) is 24.3 Å². The van der Waals surface area contributed by atoms with Gasteiger partial charge in [0.2, 0.25) is 11.8 Å². The molecule has 3 heterocycles. The van der Waals surface area contributed by atoms with Gasteiger partial charge in [-0.05, 0) is 44.0 Å². The molecule has 2 aromatic carbocycles. The van der Waals surface area contributed by atoms with Crippen LogP contribution in [0.3, 0.4) is 0 Å². The van der Waals surface area contributed by atoms with E-state index in [0.29, 0.717) is 0 Å². The Bertz CT molecular complexity index is 1250. The zero-order chi connectivity index (χ0) is 24.4. The third-order valence-electron chi connectivity index (χ3n) is 6.26. The molecule has 34 heavy (non-hydrogen) atoms. The van der Waals surface area contributed by atoms with Gasteiger partial charge in [0.05, 0.1) is 34.7 Å². The zero-order valence-electron chi connectivity index (χ0n) is 18.7. The molecular weight excluding hydrogens is 440 g/mol. The van der Waals surface area contributed by atoms with E-state index < -0.39 is 52.2 Å². The molecule has 5 rings (SSSR count). The summed E-state index contributed by atoms with van der Waals surface area (Å²) in [5.41, 5.74) is 0.867. The van der Waals surface area contributed by atoms with Crippen LogP contribution in [-0.4, -0.2) is 45.6 Å². The zero-order valence-corrected chi connectivity index (χ0v) is 18.7. The van der Waals surface area contributed by atoms with Crippen LogP contribution in [0.2, 0.25) is 0 Å². The van der Waals surface area contributed by atoms with Crippen LogP contribution in [0.25, 0.3) is 0 Å². The maximum Gasteiger partial charge on any atom is 0.331 e. The number of nitro groups is 1. The summed E-state index contributed by atoms with van der Waals surface area (Å²) in [6.07, 6.45) is 1.62. The largest absolute Gasteiger partial charge is 0.458 e. The van der Waals surface area contributed by atoms with E-state index in [0.717, 1.165) is 16.0 Å². The first-order chi connectivity index (χ1) is 16.1. The topological polar surface area (TPSA) is 122 Å². The average molecular weight is 462 g/mol. The minimum Gasteiger partial charge on any atom is -0.458 e. The number of fused-ring (bicyclic) bond motifs is 5. The van der Waals surface area contributed by atoms with Crippen molar-refractivity contribution in [1.82, 2.24) is 5.01 Å². The fourth-order valence-corrected chi connectivity index (χ4v) is 4.98. The number of hydrogen-bond acceptors (Lipinski definition) is 8. The van der Waals surface area contributed by atoms with Crippen LogP contribution in [0.15, 0.2) is 53.6 Å². The Labute approximate surface area is 194 Å². The normalized spacial score (nSPS) is 25.1. The quantitative estimate of drug-likeness (QED) is 0.297. The summed E-state index contributed by atoms with van der Waals surface area (Å²) in [6.45, 7) is 5.19. The Balaban J connectivity index is 1.60. The van der Waals surface area contributed by atoms with Gasteiger partial charge in [0, 0.05) is 12.1 Å². The summed E-state index contributed by atoms with van der Waals surface area (Å²) in [7, 11) is 0. The first-order valence-electron chi connectivity index (χ1n) is 10.8. The molecule has 0 spiro atoms. The van der Waals surface area contributed by atoms with Gasteiger partial charge in [-0.25, -0.2) is 9.69 Å². The fourth-order valence-electron chi connectivity index (χ4n) is 4.98. The molecule has 0 bridgehead atoms. The van der Waals surface area contributed by atoms with Crippen molar-refractivity contribution in [1.29, 1.82) is 0 Å². The number of hydrogen-bond donors (Lipinski definition) is 0. The fraction of sp³-hybridized carbons (Fsp3) is 0.333. The summed E-state index contributed by atoms with van der Waals surface area (Å²) in [5, 5.41) is 17.0. The van der Waals surface area contributed by atoms with E-state index in [9.17, 15) is 24.5 Å². The predicted octanol–water partition coefficient (Wildman–Crippen LogP) is 2.82. The second-order valence-corrected chi connectivity index (χ2v) is 9.51. The van der Waals surface area contributed by atoms with E-state index in [1.54, 1.807) is 27.0 Å². The van der Waals surface area contributed by atoms with Crippen LogP contribution in [0.4, 0.5) is 11.4 Å². The molecule has 0 aliphatic carbocycles. The number of imide groups is 1. The molecule has 3 aliphatic rings. The Morgan fingerprint density at radius 1 is 1.03 bits per heavy atom. The van der Waals surface area contributed by atoms with Gasteiger partial charge in [0.1, 0.15) is 5.60 Å². The van der Waals surface area contributed by atoms with Crippen LogP contribution < -0.4 is 4.90 Å². The highest BCUT2D eigenvalue weighted by Crippen LogP contribution is 2.52. The number of nitro benzene ring substituents is 1. The number of nitrogens with zero attached hydrogens (tertiary/aromatic N) is 4. The minimum absolute atomic E-state index is 0.156. The van der Waals surface area contributed by atoms with Crippen molar-refractivity contribution in [3.63, 3.8) is 0 Å². The van der Waals surface area contributed by atoms with Gasteiger partial charge in [-0.1, -0.05) is 24.3 Å². The lowest BCUT2D eigenvalue weighted by atomic mass is 9.85. The number of carbonyl (C=O) groups excluding carboxylic acids is 3. The van der Waals surface area contributed by atoms with Gasteiger partial charge in [-0.2, -0.15) is 5.10 Å². The number of rotatable bonds is 3. The SMILES string of the molecule is CC(C)(C)OC(=O)[C@H]1[C@H]2C(=O)N(c3ccc([N+](=O)[O-])cc3)C(=O)[C@H]2[C@@H]2c3ccccc3C=NN12. The third-order valence-corrected chi connectivity index (χ3v) is 6.26. The first-order valence-corrected chi connectivity index (χ1v) is 10.8. The molecule has 2 aromatic rings. The molecule has 174 valence electrons. The van der Waals surface area contributed by atoms with E-state index in [-0.39, 0.29) is 11.4 Å². The number of carbonyl (C=O) groups is 3. The van der Waals surface area contributed by atoms with Crippen LogP contribution >= 0.6 is 0 Å². The highest BCUT2D eigenvalue weighted by atomic mass is 16.6. The van der Waals surface area contributed by atoms with Gasteiger partial charge in [0.25, 0.3) is 5.69 Å². The second kappa shape index (κ2) is 7.47. The molecule has 0 aromatic heterocycles. The van der Waals surface area contributed by atoms with E-state index in [2.05, 4.69) is 5.10 Å². The molecule has 2 amide bonds. The Morgan fingerprint density at radius 2 is 1.68 bits per heavy atom. The number of anilines is 1. The van der Waals surface area contributed by atoms with Gasteiger partial charge in [-0.15, -0.1) is 0 Å². The summed E-state index contributed by atoms with van der Waals surface area (Å²) in [4.78, 5) is 52.1.